The van der Waals surface area contributed by atoms with Gasteiger partial charge >= 0.3 is 0 Å². The van der Waals surface area contributed by atoms with E-state index in [4.69, 9.17) is 4.74 Å². The molecule has 0 radical (unpaired) electrons. The van der Waals surface area contributed by atoms with Crippen LogP contribution in [0, 0.1) is 0 Å². The molecular weight excluding hydrogens is 300 g/mol. The van der Waals surface area contributed by atoms with E-state index in [2.05, 4.69) is 31.3 Å². The average Bonchev–Trinajstić information content (AvgIpc) is 2.94. The first-order valence-electron chi connectivity index (χ1n) is 5.71. The lowest BCUT2D eigenvalue weighted by Crippen LogP contribution is -2.37. The Morgan fingerprint density at radius 3 is 3.22 bits per heavy atom. The fourth-order valence-corrected chi connectivity index (χ4v) is 2.35. The second-order valence-corrected chi connectivity index (χ2v) is 5.29. The molecule has 0 amide bonds. The molecule has 3 heterocycles. The Morgan fingerprint density at radius 2 is 2.50 bits per heavy atom. The molecule has 0 aliphatic carbocycles. The Morgan fingerprint density at radius 1 is 1.61 bits per heavy atom. The Kier molecular flexibility index (Phi) is 2.96. The van der Waals surface area contributed by atoms with E-state index in [1.165, 1.54) is 0 Å². The van der Waals surface area contributed by atoms with Crippen LogP contribution in [0.2, 0.25) is 0 Å². The van der Waals surface area contributed by atoms with E-state index in [0.29, 0.717) is 32.1 Å². The van der Waals surface area contributed by atoms with Crippen molar-refractivity contribution >= 4 is 27.5 Å². The smallest absolute Gasteiger partial charge is 0.243 e. The number of nitrogens with one attached hydrogen (secondary N) is 1. The van der Waals surface area contributed by atoms with Crippen molar-refractivity contribution in [2.75, 3.05) is 25.1 Å². The number of ether oxygens (including phenoxy) is 1. The van der Waals surface area contributed by atoms with Crippen LogP contribution in [0.1, 0.15) is 6.42 Å². The molecule has 7 heteroatoms. The van der Waals surface area contributed by atoms with E-state index in [-0.39, 0.29) is 0 Å². The normalized spacial score (nSPS) is 23.7. The van der Waals surface area contributed by atoms with Gasteiger partial charge in [-0.15, -0.1) is 5.10 Å². The zero-order valence-corrected chi connectivity index (χ0v) is 11.2. The molecule has 2 aromatic heterocycles. The molecule has 1 aliphatic rings. The van der Waals surface area contributed by atoms with Gasteiger partial charge in [0.1, 0.15) is 5.60 Å². The number of pyridine rings is 1. The lowest BCUT2D eigenvalue weighted by Gasteiger charge is -2.19. The third-order valence-electron chi connectivity index (χ3n) is 2.97. The van der Waals surface area contributed by atoms with Gasteiger partial charge in [-0.25, -0.2) is 4.52 Å². The average molecular weight is 313 g/mol. The van der Waals surface area contributed by atoms with E-state index >= 15 is 0 Å². The summed E-state index contributed by atoms with van der Waals surface area (Å²) < 4.78 is 7.75. The summed E-state index contributed by atoms with van der Waals surface area (Å²) in [5.41, 5.74) is -0.0657. The van der Waals surface area contributed by atoms with Gasteiger partial charge in [0.25, 0.3) is 0 Å². The minimum atomic E-state index is -0.811. The molecule has 0 spiro atoms. The summed E-state index contributed by atoms with van der Waals surface area (Å²) in [7, 11) is 0. The van der Waals surface area contributed by atoms with Gasteiger partial charge in [-0.2, -0.15) is 4.98 Å². The zero-order chi connectivity index (χ0) is 12.6. The lowest BCUT2D eigenvalue weighted by atomic mass is 10.0. The molecule has 1 atom stereocenters. The monoisotopic (exact) mass is 312 g/mol. The summed E-state index contributed by atoms with van der Waals surface area (Å²) >= 11 is 3.42. The van der Waals surface area contributed by atoms with Crippen LogP contribution in [0.5, 0.6) is 0 Å². The molecular formula is C11H13BrN4O2. The predicted molar refractivity (Wildman–Crippen MR) is 69.6 cm³/mol. The number of nitrogens with zero attached hydrogens (tertiary/aromatic N) is 3. The standard InChI is InChI=1S/C11H13BrN4O2/c12-8-2-1-4-16-9(8)14-10(15-16)13-6-11(17)3-5-18-7-11/h1-2,4,17H,3,5-7H2,(H,13,15). The van der Waals surface area contributed by atoms with Gasteiger partial charge in [-0.05, 0) is 28.1 Å². The van der Waals surface area contributed by atoms with Crippen LogP contribution >= 0.6 is 15.9 Å². The SMILES string of the molecule is OC1(CNc2nc3c(Br)cccn3n2)CCOC1. The molecule has 2 N–H and O–H groups in total. The van der Waals surface area contributed by atoms with Crippen molar-refractivity contribution in [1.82, 2.24) is 14.6 Å². The molecule has 18 heavy (non-hydrogen) atoms. The number of hydrogen-bond donors (Lipinski definition) is 2. The summed E-state index contributed by atoms with van der Waals surface area (Å²) in [6.07, 6.45) is 2.46. The van der Waals surface area contributed by atoms with Crippen molar-refractivity contribution in [2.45, 2.75) is 12.0 Å². The first kappa shape index (κ1) is 11.9. The van der Waals surface area contributed by atoms with Crippen LogP contribution in [-0.4, -0.2) is 45.1 Å². The summed E-state index contributed by atoms with van der Waals surface area (Å²) in [6.45, 7) is 1.35. The molecule has 3 rings (SSSR count). The maximum Gasteiger partial charge on any atom is 0.243 e. The summed E-state index contributed by atoms with van der Waals surface area (Å²) in [5.74, 6) is 0.502. The Bertz CT molecular complexity index is 565. The first-order valence-corrected chi connectivity index (χ1v) is 6.51. The highest BCUT2D eigenvalue weighted by molar-refractivity contribution is 9.10. The van der Waals surface area contributed by atoms with Gasteiger partial charge in [0, 0.05) is 25.8 Å². The Hall–Kier alpha value is -1.18. The second-order valence-electron chi connectivity index (χ2n) is 4.44. The quantitative estimate of drug-likeness (QED) is 0.886. The molecule has 0 aromatic carbocycles. The number of aliphatic hydroxyl groups is 1. The van der Waals surface area contributed by atoms with E-state index < -0.39 is 5.60 Å². The Balaban J connectivity index is 1.77. The third kappa shape index (κ3) is 2.21. The Labute approximate surface area is 112 Å². The van der Waals surface area contributed by atoms with Crippen molar-refractivity contribution in [3.8, 4) is 0 Å². The molecule has 0 saturated carbocycles. The van der Waals surface area contributed by atoms with Gasteiger partial charge in [0.15, 0.2) is 5.65 Å². The zero-order valence-electron chi connectivity index (χ0n) is 9.64. The number of rotatable bonds is 3. The van der Waals surface area contributed by atoms with Gasteiger partial charge in [0.2, 0.25) is 5.95 Å². The number of fused-ring (bicyclic) bond motifs is 1. The maximum absolute atomic E-state index is 10.1. The first-order chi connectivity index (χ1) is 8.66. The number of aromatic nitrogens is 3. The van der Waals surface area contributed by atoms with Crippen LogP contribution in [-0.2, 0) is 4.74 Å². The third-order valence-corrected chi connectivity index (χ3v) is 3.59. The highest BCUT2D eigenvalue weighted by atomic mass is 79.9. The van der Waals surface area contributed by atoms with Gasteiger partial charge in [-0.1, -0.05) is 0 Å². The number of halogens is 1. The van der Waals surface area contributed by atoms with Gasteiger partial charge in [-0.3, -0.25) is 0 Å². The highest BCUT2D eigenvalue weighted by Gasteiger charge is 2.32. The molecule has 1 saturated heterocycles. The maximum atomic E-state index is 10.1. The number of anilines is 1. The van der Waals surface area contributed by atoms with E-state index in [9.17, 15) is 5.11 Å². The molecule has 1 aliphatic heterocycles. The largest absolute Gasteiger partial charge is 0.386 e. The second kappa shape index (κ2) is 4.49. The van der Waals surface area contributed by atoms with E-state index in [0.717, 1.165) is 10.1 Å². The van der Waals surface area contributed by atoms with Crippen LogP contribution in [0.15, 0.2) is 22.8 Å². The molecule has 6 nitrogen and oxygen atoms in total. The molecule has 2 aromatic rings. The van der Waals surface area contributed by atoms with Crippen molar-refractivity contribution in [1.29, 1.82) is 0 Å². The summed E-state index contributed by atoms with van der Waals surface area (Å²) in [5, 5.41) is 17.5. The van der Waals surface area contributed by atoms with Crippen LogP contribution in [0.4, 0.5) is 5.95 Å². The lowest BCUT2D eigenvalue weighted by molar-refractivity contribution is 0.0380. The van der Waals surface area contributed by atoms with Gasteiger partial charge < -0.3 is 15.2 Å². The van der Waals surface area contributed by atoms with Crippen LogP contribution < -0.4 is 5.32 Å². The van der Waals surface area contributed by atoms with Crippen molar-refractivity contribution in [3.63, 3.8) is 0 Å². The van der Waals surface area contributed by atoms with Crippen LogP contribution in [0.25, 0.3) is 5.65 Å². The van der Waals surface area contributed by atoms with E-state index in [1.807, 2.05) is 18.3 Å². The summed E-state index contributed by atoms with van der Waals surface area (Å²) in [4.78, 5) is 4.35. The fourth-order valence-electron chi connectivity index (χ4n) is 1.93. The minimum absolute atomic E-state index is 0.358. The van der Waals surface area contributed by atoms with Crippen molar-refractivity contribution in [2.24, 2.45) is 0 Å². The van der Waals surface area contributed by atoms with Crippen molar-refractivity contribution in [3.05, 3.63) is 22.8 Å². The highest BCUT2D eigenvalue weighted by Crippen LogP contribution is 2.20. The van der Waals surface area contributed by atoms with Crippen LogP contribution in [0.3, 0.4) is 0 Å². The summed E-state index contributed by atoms with van der Waals surface area (Å²) in [6, 6.07) is 3.79. The predicted octanol–water partition coefficient (Wildman–Crippen LogP) is 1.06. The topological polar surface area (TPSA) is 71.7 Å². The van der Waals surface area contributed by atoms with E-state index in [1.54, 1.807) is 4.52 Å². The fraction of sp³-hybridized carbons (Fsp3) is 0.455. The molecule has 1 unspecified atom stereocenters. The minimum Gasteiger partial charge on any atom is -0.386 e. The van der Waals surface area contributed by atoms with Crippen molar-refractivity contribution < 1.29 is 9.84 Å². The molecule has 0 bridgehead atoms. The molecule has 1 fully saturated rings. The number of hydrogen-bond acceptors (Lipinski definition) is 5. The van der Waals surface area contributed by atoms with Gasteiger partial charge in [0.05, 0.1) is 11.1 Å². The molecule has 96 valence electrons.